The van der Waals surface area contributed by atoms with E-state index < -0.39 is 0 Å². The number of amides is 1. The molecule has 1 amide bonds. The molecule has 0 saturated heterocycles. The molecule has 0 radical (unpaired) electrons. The zero-order valence-electron chi connectivity index (χ0n) is 11.2. The number of halogens is 1. The molecule has 5 nitrogen and oxygen atoms in total. The van der Waals surface area contributed by atoms with Crippen LogP contribution in [-0.2, 0) is 6.54 Å². The molecule has 0 fully saturated rings. The second kappa shape index (κ2) is 6.24. The van der Waals surface area contributed by atoms with Crippen LogP contribution in [-0.4, -0.2) is 13.0 Å². The predicted octanol–water partition coefficient (Wildman–Crippen LogP) is 2.31. The molecule has 2 rings (SSSR count). The van der Waals surface area contributed by atoms with E-state index in [9.17, 15) is 9.18 Å². The van der Waals surface area contributed by atoms with Crippen LogP contribution in [0, 0.1) is 17.1 Å². The minimum absolute atomic E-state index is 0.156. The van der Waals surface area contributed by atoms with Crippen LogP contribution in [0.5, 0.6) is 0 Å². The molecule has 108 valence electrons. The van der Waals surface area contributed by atoms with Gasteiger partial charge in [-0.1, -0.05) is 12.1 Å². The van der Waals surface area contributed by atoms with E-state index in [2.05, 4.69) is 10.6 Å². The van der Waals surface area contributed by atoms with Gasteiger partial charge in [-0.15, -0.1) is 11.3 Å². The average Bonchev–Trinajstić information content (AvgIpc) is 2.80. The molecule has 4 N–H and O–H groups in total. The third-order valence-electron chi connectivity index (χ3n) is 2.83. The fourth-order valence-corrected chi connectivity index (χ4v) is 2.80. The van der Waals surface area contributed by atoms with Crippen LogP contribution in [0.1, 0.15) is 20.8 Å². The van der Waals surface area contributed by atoms with Gasteiger partial charge in [0, 0.05) is 13.6 Å². The summed E-state index contributed by atoms with van der Waals surface area (Å²) in [6.45, 7) is 0.333. The van der Waals surface area contributed by atoms with Crippen LogP contribution in [0.25, 0.3) is 0 Å². The summed E-state index contributed by atoms with van der Waals surface area (Å²) in [6.07, 6.45) is 0. The van der Waals surface area contributed by atoms with Crippen molar-refractivity contribution >= 4 is 27.9 Å². The number of hydrogen-bond acceptors (Lipinski definition) is 5. The van der Waals surface area contributed by atoms with Gasteiger partial charge in [0.2, 0.25) is 0 Å². The third kappa shape index (κ3) is 3.12. The van der Waals surface area contributed by atoms with E-state index in [0.717, 1.165) is 16.9 Å². The lowest BCUT2D eigenvalue weighted by atomic mass is 10.2. The van der Waals surface area contributed by atoms with Crippen molar-refractivity contribution in [2.24, 2.45) is 0 Å². The number of anilines is 2. The van der Waals surface area contributed by atoms with E-state index in [1.165, 1.54) is 19.2 Å². The van der Waals surface area contributed by atoms with Gasteiger partial charge >= 0.3 is 0 Å². The third-order valence-corrected chi connectivity index (χ3v) is 3.99. The number of nitrogen functional groups attached to an aromatic ring is 1. The SMILES string of the molecule is CNC(=O)c1sc(NCc2cccc(F)c2)c(C#N)c1N. The molecule has 0 atom stereocenters. The highest BCUT2D eigenvalue weighted by Gasteiger charge is 2.20. The molecule has 0 aliphatic rings. The first-order chi connectivity index (χ1) is 10.1. The van der Waals surface area contributed by atoms with Crippen LogP contribution >= 0.6 is 11.3 Å². The van der Waals surface area contributed by atoms with E-state index >= 15 is 0 Å². The monoisotopic (exact) mass is 304 g/mol. The fraction of sp³-hybridized carbons (Fsp3) is 0.143. The molecule has 0 saturated carbocycles. The van der Waals surface area contributed by atoms with Crippen molar-refractivity contribution in [3.8, 4) is 6.07 Å². The number of thiophene rings is 1. The van der Waals surface area contributed by atoms with Gasteiger partial charge in [-0.25, -0.2) is 4.39 Å². The van der Waals surface area contributed by atoms with E-state index in [4.69, 9.17) is 11.0 Å². The van der Waals surface area contributed by atoms with Gasteiger partial charge in [0.25, 0.3) is 5.91 Å². The summed E-state index contributed by atoms with van der Waals surface area (Å²) < 4.78 is 13.1. The fourth-order valence-electron chi connectivity index (χ4n) is 1.79. The Labute approximate surface area is 125 Å². The number of nitriles is 1. The molecular weight excluding hydrogens is 291 g/mol. The Morgan fingerprint density at radius 2 is 2.29 bits per heavy atom. The molecular formula is C14H13FN4OS. The second-order valence-electron chi connectivity index (χ2n) is 4.22. The molecule has 1 aromatic carbocycles. The smallest absolute Gasteiger partial charge is 0.263 e. The van der Waals surface area contributed by atoms with Crippen LogP contribution in [0.3, 0.4) is 0 Å². The van der Waals surface area contributed by atoms with Gasteiger partial charge in [0.05, 0.1) is 5.69 Å². The average molecular weight is 304 g/mol. The maximum Gasteiger partial charge on any atom is 0.263 e. The predicted molar refractivity (Wildman–Crippen MR) is 80.6 cm³/mol. The Bertz CT molecular complexity index is 720. The molecule has 0 aliphatic carbocycles. The van der Waals surface area contributed by atoms with Gasteiger partial charge in [-0.05, 0) is 17.7 Å². The molecule has 21 heavy (non-hydrogen) atoms. The first-order valence-corrected chi connectivity index (χ1v) is 6.91. The molecule has 0 bridgehead atoms. The first-order valence-electron chi connectivity index (χ1n) is 6.09. The van der Waals surface area contributed by atoms with Gasteiger partial charge in [-0.3, -0.25) is 4.79 Å². The number of nitrogens with two attached hydrogens (primary N) is 1. The number of nitrogens with one attached hydrogen (secondary N) is 2. The van der Waals surface area contributed by atoms with Gasteiger partial charge < -0.3 is 16.4 Å². The van der Waals surface area contributed by atoms with Crippen molar-refractivity contribution in [2.75, 3.05) is 18.1 Å². The molecule has 0 spiro atoms. The highest BCUT2D eigenvalue weighted by atomic mass is 32.1. The lowest BCUT2D eigenvalue weighted by Gasteiger charge is -2.04. The minimum Gasteiger partial charge on any atom is -0.396 e. The maximum absolute atomic E-state index is 13.1. The van der Waals surface area contributed by atoms with E-state index in [1.807, 2.05) is 6.07 Å². The number of carbonyl (C=O) groups is 1. The topological polar surface area (TPSA) is 90.9 Å². The number of nitrogens with zero attached hydrogens (tertiary/aromatic N) is 1. The number of hydrogen-bond donors (Lipinski definition) is 3. The summed E-state index contributed by atoms with van der Waals surface area (Å²) in [5.74, 6) is -0.667. The van der Waals surface area contributed by atoms with Crippen molar-refractivity contribution in [3.05, 3.63) is 46.1 Å². The summed E-state index contributed by atoms with van der Waals surface area (Å²) in [7, 11) is 1.49. The van der Waals surface area contributed by atoms with Crippen molar-refractivity contribution in [3.63, 3.8) is 0 Å². The summed E-state index contributed by atoms with van der Waals surface area (Å²) >= 11 is 1.10. The van der Waals surface area contributed by atoms with Crippen LogP contribution in [0.15, 0.2) is 24.3 Å². The summed E-state index contributed by atoms with van der Waals surface area (Å²) in [5, 5.41) is 15.1. The molecule has 7 heteroatoms. The quantitative estimate of drug-likeness (QED) is 0.808. The van der Waals surface area contributed by atoms with Gasteiger partial charge in [0.15, 0.2) is 0 Å². The van der Waals surface area contributed by atoms with Crippen molar-refractivity contribution in [1.29, 1.82) is 5.26 Å². The zero-order valence-corrected chi connectivity index (χ0v) is 12.1. The van der Waals surface area contributed by atoms with Crippen LogP contribution in [0.2, 0.25) is 0 Å². The second-order valence-corrected chi connectivity index (χ2v) is 5.24. The molecule has 1 aromatic heterocycles. The van der Waals surface area contributed by atoms with Gasteiger partial charge in [0.1, 0.15) is 27.3 Å². The summed E-state index contributed by atoms with van der Waals surface area (Å²) in [6, 6.07) is 8.11. The van der Waals surface area contributed by atoms with Crippen LogP contribution < -0.4 is 16.4 Å². The normalized spacial score (nSPS) is 9.95. The molecule has 0 aliphatic heterocycles. The highest BCUT2D eigenvalue weighted by Crippen LogP contribution is 2.35. The molecule has 2 aromatic rings. The number of rotatable bonds is 4. The Kier molecular flexibility index (Phi) is 4.40. The zero-order chi connectivity index (χ0) is 15.4. The Morgan fingerprint density at radius 1 is 1.52 bits per heavy atom. The number of benzene rings is 1. The first kappa shape index (κ1) is 14.8. The minimum atomic E-state index is -0.340. The number of carbonyl (C=O) groups excluding carboxylic acids is 1. The van der Waals surface area contributed by atoms with E-state index in [1.54, 1.807) is 12.1 Å². The standard InChI is InChI=1S/C14H13FN4OS/c1-18-13(20)12-11(17)10(6-16)14(21-12)19-7-8-3-2-4-9(15)5-8/h2-5,19H,7,17H2,1H3,(H,18,20). The largest absolute Gasteiger partial charge is 0.396 e. The summed E-state index contributed by atoms with van der Waals surface area (Å²) in [5.41, 5.74) is 6.93. The highest BCUT2D eigenvalue weighted by molar-refractivity contribution is 7.18. The molecule has 0 unspecified atom stereocenters. The molecule has 1 heterocycles. The van der Waals surface area contributed by atoms with Gasteiger partial charge in [-0.2, -0.15) is 5.26 Å². The van der Waals surface area contributed by atoms with Crippen molar-refractivity contribution < 1.29 is 9.18 Å². The maximum atomic E-state index is 13.1. The van der Waals surface area contributed by atoms with Crippen molar-refractivity contribution in [1.82, 2.24) is 5.32 Å². The lowest BCUT2D eigenvalue weighted by Crippen LogP contribution is -2.17. The Balaban J connectivity index is 2.24. The summed E-state index contributed by atoms with van der Waals surface area (Å²) in [4.78, 5) is 12.0. The van der Waals surface area contributed by atoms with Crippen molar-refractivity contribution in [2.45, 2.75) is 6.54 Å². The van der Waals surface area contributed by atoms with E-state index in [0.29, 0.717) is 11.5 Å². The Morgan fingerprint density at radius 3 is 2.90 bits per heavy atom. The van der Waals surface area contributed by atoms with E-state index in [-0.39, 0.29) is 27.9 Å². The Hall–Kier alpha value is -2.59. The van der Waals surface area contributed by atoms with Crippen LogP contribution in [0.4, 0.5) is 15.1 Å². The lowest BCUT2D eigenvalue weighted by molar-refractivity contribution is 0.0968.